The number of halogens is 1. The molecule has 0 bridgehead atoms. The van der Waals surface area contributed by atoms with Gasteiger partial charge in [0.25, 0.3) is 0 Å². The maximum atomic E-state index is 5.69. The molecule has 0 atom stereocenters. The number of hydrogen-bond acceptors (Lipinski definition) is 4. The van der Waals surface area contributed by atoms with Crippen LogP contribution >= 0.6 is 15.9 Å². The van der Waals surface area contributed by atoms with Crippen molar-refractivity contribution in [2.24, 2.45) is 0 Å². The third-order valence-corrected chi connectivity index (χ3v) is 4.39. The minimum absolute atomic E-state index is 0.223. The Hall–Kier alpha value is -0.460. The van der Waals surface area contributed by atoms with E-state index in [1.165, 1.54) is 5.56 Å². The molecule has 1 aromatic carbocycles. The molecular formula is C16H24BrNO3. The summed E-state index contributed by atoms with van der Waals surface area (Å²) in [5, 5.41) is 3.39. The Morgan fingerprint density at radius 1 is 1.10 bits per heavy atom. The fourth-order valence-corrected chi connectivity index (χ4v) is 2.90. The van der Waals surface area contributed by atoms with Crippen molar-refractivity contribution < 1.29 is 14.2 Å². The average Bonchev–Trinajstić information content (AvgIpc) is 2.44. The highest BCUT2D eigenvalue weighted by Gasteiger charge is 2.38. The van der Waals surface area contributed by atoms with Gasteiger partial charge in [0.2, 0.25) is 0 Å². The van der Waals surface area contributed by atoms with Crippen LogP contribution < -0.4 is 5.32 Å². The molecule has 2 rings (SSSR count). The molecule has 118 valence electrons. The summed E-state index contributed by atoms with van der Waals surface area (Å²) >= 11 is 3.55. The molecule has 1 fully saturated rings. The molecule has 0 aromatic heterocycles. The molecule has 0 aliphatic carbocycles. The monoisotopic (exact) mass is 357 g/mol. The largest absolute Gasteiger partial charge is 0.382 e. The van der Waals surface area contributed by atoms with E-state index in [1.54, 1.807) is 7.11 Å². The van der Waals surface area contributed by atoms with Gasteiger partial charge >= 0.3 is 0 Å². The standard InChI is InChI=1S/C16H24BrNO3/c1-19-7-8-21-10-9-20-6-5-16(12-18-13-16)14-3-2-4-15(17)11-14/h2-4,11,18H,5-10,12-13H2,1H3. The maximum Gasteiger partial charge on any atom is 0.0701 e. The Bertz CT molecular complexity index is 424. The predicted octanol–water partition coefficient (Wildman–Crippen LogP) is 2.36. The predicted molar refractivity (Wildman–Crippen MR) is 86.8 cm³/mol. The lowest BCUT2D eigenvalue weighted by molar-refractivity contribution is 0.0182. The summed E-state index contributed by atoms with van der Waals surface area (Å²) in [4.78, 5) is 0. The van der Waals surface area contributed by atoms with Gasteiger partial charge in [-0.15, -0.1) is 0 Å². The third kappa shape index (κ3) is 5.04. The lowest BCUT2D eigenvalue weighted by atomic mass is 9.73. The zero-order chi connectivity index (χ0) is 15.0. The first-order valence-electron chi connectivity index (χ1n) is 7.38. The molecule has 21 heavy (non-hydrogen) atoms. The highest BCUT2D eigenvalue weighted by atomic mass is 79.9. The molecule has 0 amide bonds. The van der Waals surface area contributed by atoms with Crippen LogP contribution in [0.15, 0.2) is 28.7 Å². The molecule has 1 aromatic rings. The summed E-state index contributed by atoms with van der Waals surface area (Å²) < 4.78 is 17.1. The highest BCUT2D eigenvalue weighted by Crippen LogP contribution is 2.33. The number of methoxy groups -OCH3 is 1. The summed E-state index contributed by atoms with van der Waals surface area (Å²) in [6, 6.07) is 8.59. The fourth-order valence-electron chi connectivity index (χ4n) is 2.50. The van der Waals surface area contributed by atoms with Crippen LogP contribution in [-0.4, -0.2) is 53.2 Å². The average molecular weight is 358 g/mol. The Morgan fingerprint density at radius 3 is 2.43 bits per heavy atom. The van der Waals surface area contributed by atoms with Crippen LogP contribution in [0.3, 0.4) is 0 Å². The van der Waals surface area contributed by atoms with E-state index in [1.807, 2.05) is 0 Å². The quantitative estimate of drug-likeness (QED) is 0.652. The first-order chi connectivity index (χ1) is 10.3. The van der Waals surface area contributed by atoms with Gasteiger partial charge < -0.3 is 19.5 Å². The van der Waals surface area contributed by atoms with Crippen LogP contribution in [0.5, 0.6) is 0 Å². The summed E-state index contributed by atoms with van der Waals surface area (Å²) in [6.45, 7) is 5.36. The molecule has 1 aliphatic heterocycles. The molecular weight excluding hydrogens is 334 g/mol. The molecule has 1 aliphatic rings. The number of rotatable bonds is 10. The summed E-state index contributed by atoms with van der Waals surface area (Å²) in [5.41, 5.74) is 1.61. The minimum Gasteiger partial charge on any atom is -0.382 e. The van der Waals surface area contributed by atoms with Gasteiger partial charge in [-0.25, -0.2) is 0 Å². The number of hydrogen-bond donors (Lipinski definition) is 1. The van der Waals surface area contributed by atoms with Crippen molar-refractivity contribution in [3.8, 4) is 0 Å². The second-order valence-electron chi connectivity index (χ2n) is 5.36. The molecule has 4 nitrogen and oxygen atoms in total. The van der Waals surface area contributed by atoms with Crippen molar-refractivity contribution in [3.63, 3.8) is 0 Å². The number of benzene rings is 1. The van der Waals surface area contributed by atoms with E-state index in [0.29, 0.717) is 26.4 Å². The highest BCUT2D eigenvalue weighted by molar-refractivity contribution is 9.10. The van der Waals surface area contributed by atoms with Crippen LogP contribution in [-0.2, 0) is 19.6 Å². The van der Waals surface area contributed by atoms with Crippen molar-refractivity contribution in [1.29, 1.82) is 0 Å². The van der Waals surface area contributed by atoms with Crippen LogP contribution in [0, 0.1) is 0 Å². The number of nitrogens with one attached hydrogen (secondary N) is 1. The van der Waals surface area contributed by atoms with Gasteiger partial charge in [-0.05, 0) is 24.1 Å². The molecule has 0 unspecified atom stereocenters. The van der Waals surface area contributed by atoms with Crippen LogP contribution in [0.4, 0.5) is 0 Å². The zero-order valence-corrected chi connectivity index (χ0v) is 14.2. The van der Waals surface area contributed by atoms with Gasteiger partial charge in [0.15, 0.2) is 0 Å². The molecule has 1 saturated heterocycles. The van der Waals surface area contributed by atoms with E-state index >= 15 is 0 Å². The summed E-state index contributed by atoms with van der Waals surface area (Å²) in [7, 11) is 1.67. The van der Waals surface area contributed by atoms with Crippen molar-refractivity contribution in [2.75, 3.05) is 53.2 Å². The van der Waals surface area contributed by atoms with Crippen molar-refractivity contribution in [2.45, 2.75) is 11.8 Å². The van der Waals surface area contributed by atoms with Gasteiger partial charge in [0, 0.05) is 36.7 Å². The van der Waals surface area contributed by atoms with Crippen LogP contribution in [0.2, 0.25) is 0 Å². The van der Waals surface area contributed by atoms with Gasteiger partial charge in [-0.2, -0.15) is 0 Å². The Kier molecular flexibility index (Phi) is 7.13. The summed E-state index contributed by atoms with van der Waals surface area (Å²) in [6.07, 6.45) is 1.04. The van der Waals surface area contributed by atoms with E-state index in [-0.39, 0.29) is 5.41 Å². The zero-order valence-electron chi connectivity index (χ0n) is 12.6. The van der Waals surface area contributed by atoms with E-state index < -0.39 is 0 Å². The molecule has 1 N–H and O–H groups in total. The fraction of sp³-hybridized carbons (Fsp3) is 0.625. The third-order valence-electron chi connectivity index (χ3n) is 3.89. The lowest BCUT2D eigenvalue weighted by Gasteiger charge is -2.43. The normalized spacial score (nSPS) is 16.7. The minimum atomic E-state index is 0.223. The Morgan fingerprint density at radius 2 is 1.81 bits per heavy atom. The van der Waals surface area contributed by atoms with E-state index in [4.69, 9.17) is 14.2 Å². The van der Waals surface area contributed by atoms with Gasteiger partial charge in [0.1, 0.15) is 0 Å². The van der Waals surface area contributed by atoms with E-state index in [2.05, 4.69) is 45.5 Å². The molecule has 0 saturated carbocycles. The van der Waals surface area contributed by atoms with Gasteiger partial charge in [-0.1, -0.05) is 28.1 Å². The molecule has 0 radical (unpaired) electrons. The molecule has 1 heterocycles. The van der Waals surface area contributed by atoms with E-state index in [0.717, 1.165) is 30.6 Å². The van der Waals surface area contributed by atoms with Crippen LogP contribution in [0.1, 0.15) is 12.0 Å². The van der Waals surface area contributed by atoms with Gasteiger partial charge in [-0.3, -0.25) is 0 Å². The SMILES string of the molecule is COCCOCCOCCC1(c2cccc(Br)c2)CNC1. The summed E-state index contributed by atoms with van der Waals surface area (Å²) in [5.74, 6) is 0. The maximum absolute atomic E-state index is 5.69. The second-order valence-corrected chi connectivity index (χ2v) is 6.28. The molecule has 0 spiro atoms. The van der Waals surface area contributed by atoms with Crippen molar-refractivity contribution >= 4 is 15.9 Å². The first kappa shape index (κ1) is 16.9. The Balaban J connectivity index is 1.68. The van der Waals surface area contributed by atoms with Crippen molar-refractivity contribution in [1.82, 2.24) is 5.32 Å². The van der Waals surface area contributed by atoms with Crippen LogP contribution in [0.25, 0.3) is 0 Å². The van der Waals surface area contributed by atoms with E-state index in [9.17, 15) is 0 Å². The van der Waals surface area contributed by atoms with Crippen molar-refractivity contribution in [3.05, 3.63) is 34.3 Å². The number of ether oxygens (including phenoxy) is 3. The van der Waals surface area contributed by atoms with Gasteiger partial charge in [0.05, 0.1) is 26.4 Å². The second kappa shape index (κ2) is 8.86. The topological polar surface area (TPSA) is 39.7 Å². The molecule has 5 heteroatoms. The smallest absolute Gasteiger partial charge is 0.0701 e. The lowest BCUT2D eigenvalue weighted by Crippen LogP contribution is -2.57. The Labute approximate surface area is 135 Å². The first-order valence-corrected chi connectivity index (χ1v) is 8.17.